The van der Waals surface area contributed by atoms with E-state index in [0.717, 1.165) is 15.1 Å². The predicted octanol–water partition coefficient (Wildman–Crippen LogP) is 3.54. The molecule has 0 heterocycles. The highest BCUT2D eigenvalue weighted by molar-refractivity contribution is 9.10. The standard InChI is InChI=1S/C8H9BrClN.ClH/c1-5(11)7-4-6(9)2-3-8(7)10;/h2-5H,11H2,1H3;1H. The summed E-state index contributed by atoms with van der Waals surface area (Å²) in [6.45, 7) is 1.91. The molecule has 0 bridgehead atoms. The van der Waals surface area contributed by atoms with Crippen molar-refractivity contribution in [2.24, 2.45) is 5.73 Å². The zero-order valence-electron chi connectivity index (χ0n) is 6.55. The second kappa shape index (κ2) is 5.07. The Labute approximate surface area is 91.8 Å². The molecule has 0 amide bonds. The normalized spacial score (nSPS) is 12.0. The quantitative estimate of drug-likeness (QED) is 0.830. The molecule has 1 unspecified atom stereocenters. The summed E-state index contributed by atoms with van der Waals surface area (Å²) in [5.41, 5.74) is 6.65. The minimum Gasteiger partial charge on any atom is -0.324 e. The molecule has 0 saturated carbocycles. The Balaban J connectivity index is 0.00000121. The molecule has 1 nitrogen and oxygen atoms in total. The molecular formula is C8H10BrCl2N. The number of benzene rings is 1. The van der Waals surface area contributed by atoms with Crippen molar-refractivity contribution in [1.82, 2.24) is 0 Å². The molecule has 1 atom stereocenters. The van der Waals surface area contributed by atoms with Gasteiger partial charge in [0.2, 0.25) is 0 Å². The lowest BCUT2D eigenvalue weighted by Gasteiger charge is -2.07. The number of nitrogens with two attached hydrogens (primary N) is 1. The maximum atomic E-state index is 5.89. The van der Waals surface area contributed by atoms with Crippen molar-refractivity contribution in [2.75, 3.05) is 0 Å². The van der Waals surface area contributed by atoms with Crippen LogP contribution in [0.1, 0.15) is 18.5 Å². The van der Waals surface area contributed by atoms with Crippen molar-refractivity contribution in [3.8, 4) is 0 Å². The van der Waals surface area contributed by atoms with Crippen LogP contribution >= 0.6 is 39.9 Å². The Morgan fingerprint density at radius 2 is 2.08 bits per heavy atom. The Kier molecular flexibility index (Phi) is 5.18. The van der Waals surface area contributed by atoms with E-state index in [2.05, 4.69) is 15.9 Å². The zero-order chi connectivity index (χ0) is 8.43. The number of hydrogen-bond acceptors (Lipinski definition) is 1. The van der Waals surface area contributed by atoms with Gasteiger partial charge in [-0.3, -0.25) is 0 Å². The summed E-state index contributed by atoms with van der Waals surface area (Å²) in [4.78, 5) is 0. The summed E-state index contributed by atoms with van der Waals surface area (Å²) in [7, 11) is 0. The van der Waals surface area contributed by atoms with Crippen molar-refractivity contribution in [3.05, 3.63) is 33.3 Å². The fourth-order valence-corrected chi connectivity index (χ4v) is 1.53. The van der Waals surface area contributed by atoms with Crippen molar-refractivity contribution < 1.29 is 0 Å². The smallest absolute Gasteiger partial charge is 0.0454 e. The topological polar surface area (TPSA) is 26.0 Å². The van der Waals surface area contributed by atoms with E-state index in [4.69, 9.17) is 17.3 Å². The highest BCUT2D eigenvalue weighted by atomic mass is 79.9. The van der Waals surface area contributed by atoms with Crippen LogP contribution in [0, 0.1) is 0 Å². The monoisotopic (exact) mass is 269 g/mol. The van der Waals surface area contributed by atoms with Gasteiger partial charge in [-0.2, -0.15) is 0 Å². The average molecular weight is 271 g/mol. The van der Waals surface area contributed by atoms with Gasteiger partial charge in [-0.1, -0.05) is 27.5 Å². The third-order valence-electron chi connectivity index (χ3n) is 1.45. The van der Waals surface area contributed by atoms with E-state index >= 15 is 0 Å². The Bertz CT molecular complexity index is 263. The summed E-state index contributed by atoms with van der Waals surface area (Å²) in [6.07, 6.45) is 0. The molecule has 0 radical (unpaired) electrons. The summed E-state index contributed by atoms with van der Waals surface area (Å²) in [6, 6.07) is 5.66. The molecule has 0 fully saturated rings. The predicted molar refractivity (Wildman–Crippen MR) is 59.0 cm³/mol. The molecule has 0 saturated heterocycles. The molecule has 0 spiro atoms. The van der Waals surface area contributed by atoms with Crippen LogP contribution in [0.4, 0.5) is 0 Å². The first kappa shape index (κ1) is 12.2. The van der Waals surface area contributed by atoms with Crippen LogP contribution in [0.25, 0.3) is 0 Å². The van der Waals surface area contributed by atoms with E-state index in [1.54, 1.807) is 0 Å². The molecule has 12 heavy (non-hydrogen) atoms. The van der Waals surface area contributed by atoms with Crippen molar-refractivity contribution in [1.29, 1.82) is 0 Å². The van der Waals surface area contributed by atoms with Crippen LogP contribution < -0.4 is 5.73 Å². The van der Waals surface area contributed by atoms with Gasteiger partial charge in [0.25, 0.3) is 0 Å². The average Bonchev–Trinajstić information content (AvgIpc) is 1.94. The van der Waals surface area contributed by atoms with Gasteiger partial charge in [-0.05, 0) is 30.7 Å². The summed E-state index contributed by atoms with van der Waals surface area (Å²) >= 11 is 9.24. The van der Waals surface area contributed by atoms with Gasteiger partial charge in [-0.25, -0.2) is 0 Å². The molecule has 0 aromatic heterocycles. The minimum atomic E-state index is -0.0139. The number of rotatable bonds is 1. The fraction of sp³-hybridized carbons (Fsp3) is 0.250. The fourth-order valence-electron chi connectivity index (χ4n) is 0.864. The van der Waals surface area contributed by atoms with Gasteiger partial charge >= 0.3 is 0 Å². The van der Waals surface area contributed by atoms with Crippen molar-refractivity contribution in [3.63, 3.8) is 0 Å². The van der Waals surface area contributed by atoms with Gasteiger partial charge in [0.1, 0.15) is 0 Å². The molecule has 0 aliphatic rings. The first-order valence-electron chi connectivity index (χ1n) is 3.32. The van der Waals surface area contributed by atoms with Gasteiger partial charge < -0.3 is 5.73 Å². The third kappa shape index (κ3) is 2.94. The first-order valence-corrected chi connectivity index (χ1v) is 4.49. The zero-order valence-corrected chi connectivity index (χ0v) is 9.71. The summed E-state index contributed by atoms with van der Waals surface area (Å²) < 4.78 is 1.01. The van der Waals surface area contributed by atoms with Gasteiger partial charge in [0.15, 0.2) is 0 Å². The first-order chi connectivity index (χ1) is 5.11. The van der Waals surface area contributed by atoms with Crippen molar-refractivity contribution in [2.45, 2.75) is 13.0 Å². The van der Waals surface area contributed by atoms with Gasteiger partial charge in [-0.15, -0.1) is 12.4 Å². The van der Waals surface area contributed by atoms with Crippen LogP contribution in [0.5, 0.6) is 0 Å². The number of hydrogen-bond donors (Lipinski definition) is 1. The summed E-state index contributed by atoms with van der Waals surface area (Å²) in [5.74, 6) is 0. The molecule has 4 heteroatoms. The molecule has 1 rings (SSSR count). The number of halogens is 3. The largest absolute Gasteiger partial charge is 0.324 e. The van der Waals surface area contributed by atoms with Crippen LogP contribution in [0.3, 0.4) is 0 Å². The van der Waals surface area contributed by atoms with Crippen LogP contribution in [0.15, 0.2) is 22.7 Å². The molecule has 2 N–H and O–H groups in total. The highest BCUT2D eigenvalue weighted by Crippen LogP contribution is 2.24. The molecular weight excluding hydrogens is 261 g/mol. The van der Waals surface area contributed by atoms with Crippen LogP contribution in [-0.4, -0.2) is 0 Å². The highest BCUT2D eigenvalue weighted by Gasteiger charge is 2.04. The summed E-state index contributed by atoms with van der Waals surface area (Å²) in [5, 5.41) is 0.725. The third-order valence-corrected chi connectivity index (χ3v) is 2.29. The van der Waals surface area contributed by atoms with Crippen molar-refractivity contribution >= 4 is 39.9 Å². The minimum absolute atomic E-state index is 0. The maximum Gasteiger partial charge on any atom is 0.0454 e. The Hall–Kier alpha value is 0.240. The van der Waals surface area contributed by atoms with E-state index in [1.165, 1.54) is 0 Å². The van der Waals surface area contributed by atoms with E-state index in [1.807, 2.05) is 25.1 Å². The lowest BCUT2D eigenvalue weighted by molar-refractivity contribution is 0.818. The Morgan fingerprint density at radius 1 is 1.50 bits per heavy atom. The molecule has 0 aliphatic carbocycles. The van der Waals surface area contributed by atoms with Gasteiger partial charge in [0, 0.05) is 15.5 Å². The van der Waals surface area contributed by atoms with E-state index in [-0.39, 0.29) is 18.4 Å². The molecule has 1 aromatic carbocycles. The molecule has 1 aromatic rings. The van der Waals surface area contributed by atoms with Gasteiger partial charge in [0.05, 0.1) is 0 Å². The Morgan fingerprint density at radius 3 is 2.50 bits per heavy atom. The molecule has 68 valence electrons. The van der Waals surface area contributed by atoms with Crippen LogP contribution in [0.2, 0.25) is 5.02 Å². The molecule has 0 aliphatic heterocycles. The lowest BCUT2D eigenvalue weighted by atomic mass is 10.1. The van der Waals surface area contributed by atoms with E-state index in [9.17, 15) is 0 Å². The maximum absolute atomic E-state index is 5.89. The SMILES string of the molecule is CC(N)c1cc(Br)ccc1Cl.Cl. The van der Waals surface area contributed by atoms with Crippen LogP contribution in [-0.2, 0) is 0 Å². The lowest BCUT2D eigenvalue weighted by Crippen LogP contribution is -2.05. The second-order valence-corrected chi connectivity index (χ2v) is 3.78. The van der Waals surface area contributed by atoms with E-state index < -0.39 is 0 Å². The van der Waals surface area contributed by atoms with E-state index in [0.29, 0.717) is 0 Å². The second-order valence-electron chi connectivity index (χ2n) is 2.45.